The fraction of sp³-hybridized carbons (Fsp3) is 0.133. The lowest BCUT2D eigenvalue weighted by Gasteiger charge is -2.34. The van der Waals surface area contributed by atoms with E-state index in [-0.39, 0.29) is 17.7 Å². The monoisotopic (exact) mass is 509 g/mol. The molecule has 2 amide bonds. The third kappa shape index (κ3) is 4.41. The van der Waals surface area contributed by atoms with E-state index in [1.807, 2.05) is 78.9 Å². The highest BCUT2D eigenvalue weighted by Crippen LogP contribution is 2.47. The van der Waals surface area contributed by atoms with Gasteiger partial charge in [0.1, 0.15) is 5.76 Å². The Bertz CT molecular complexity index is 1480. The van der Waals surface area contributed by atoms with Gasteiger partial charge in [0.25, 0.3) is 0 Å². The molecule has 0 spiro atoms. The molecule has 184 valence electrons. The second kappa shape index (κ2) is 9.64. The largest absolute Gasteiger partial charge is 0.469 e. The minimum Gasteiger partial charge on any atom is -0.469 e. The molecule has 6 nitrogen and oxygen atoms in total. The first kappa shape index (κ1) is 23.1. The van der Waals surface area contributed by atoms with Crippen LogP contribution >= 0.6 is 11.6 Å². The van der Waals surface area contributed by atoms with Crippen LogP contribution in [0.25, 0.3) is 0 Å². The number of carbonyl (C=O) groups is 2. The van der Waals surface area contributed by atoms with Gasteiger partial charge in [-0.2, -0.15) is 0 Å². The van der Waals surface area contributed by atoms with Gasteiger partial charge in [-0.25, -0.2) is 4.79 Å². The van der Waals surface area contributed by atoms with Gasteiger partial charge in [-0.3, -0.25) is 9.69 Å². The first-order valence-corrected chi connectivity index (χ1v) is 12.5. The molecule has 7 heteroatoms. The van der Waals surface area contributed by atoms with E-state index >= 15 is 0 Å². The molecule has 4 aromatic rings. The summed E-state index contributed by atoms with van der Waals surface area (Å²) in [5, 5.41) is 7.11. The molecule has 1 aromatic heterocycles. The number of nitrogens with one attached hydrogen (secondary N) is 2. The highest BCUT2D eigenvalue weighted by atomic mass is 35.5. The summed E-state index contributed by atoms with van der Waals surface area (Å²) in [4.78, 5) is 29.5. The molecule has 2 heterocycles. The van der Waals surface area contributed by atoms with Crippen molar-refractivity contribution in [3.05, 3.63) is 125 Å². The second-order valence-corrected chi connectivity index (χ2v) is 9.63. The molecule has 1 aliphatic heterocycles. The van der Waals surface area contributed by atoms with E-state index in [1.165, 1.54) is 0 Å². The fourth-order valence-electron chi connectivity index (χ4n) is 5.20. The normalized spacial score (nSPS) is 18.9. The Kier molecular flexibility index (Phi) is 6.02. The van der Waals surface area contributed by atoms with Crippen LogP contribution in [-0.2, 0) is 4.79 Å². The number of anilines is 3. The van der Waals surface area contributed by atoms with Crippen molar-refractivity contribution >= 4 is 40.5 Å². The number of allylic oxidation sites excluding steroid dienone is 1. The molecule has 2 unspecified atom stereocenters. The van der Waals surface area contributed by atoms with E-state index in [9.17, 15) is 9.59 Å². The Hall–Kier alpha value is -4.29. The lowest BCUT2D eigenvalue weighted by molar-refractivity contribution is -0.116. The number of hydrogen-bond donors (Lipinski definition) is 2. The van der Waals surface area contributed by atoms with Crippen molar-refractivity contribution in [1.29, 1.82) is 0 Å². The third-order valence-corrected chi connectivity index (χ3v) is 7.12. The second-order valence-electron chi connectivity index (χ2n) is 9.20. The van der Waals surface area contributed by atoms with Crippen LogP contribution in [0.1, 0.15) is 36.1 Å². The van der Waals surface area contributed by atoms with Crippen molar-refractivity contribution in [2.75, 3.05) is 15.5 Å². The maximum atomic E-state index is 14.0. The molecule has 2 N–H and O–H groups in total. The lowest BCUT2D eigenvalue weighted by Crippen LogP contribution is -2.41. The molecule has 2 aliphatic rings. The van der Waals surface area contributed by atoms with Gasteiger partial charge in [-0.1, -0.05) is 54.1 Å². The highest BCUT2D eigenvalue weighted by Gasteiger charge is 2.42. The van der Waals surface area contributed by atoms with Crippen LogP contribution in [0.4, 0.5) is 21.9 Å². The third-order valence-electron chi connectivity index (χ3n) is 6.86. The SMILES string of the molecule is O=C1CC(c2ccco2)CC2=C1C(c1ccc(Cl)cc1)N(C(=O)Nc1ccccc1)c1ccccc1N2. The van der Waals surface area contributed by atoms with Gasteiger partial charge in [-0.15, -0.1) is 0 Å². The predicted molar refractivity (Wildman–Crippen MR) is 145 cm³/mol. The molecule has 0 radical (unpaired) electrons. The van der Waals surface area contributed by atoms with Gasteiger partial charge in [-0.05, 0) is 60.5 Å². The molecule has 1 aliphatic carbocycles. The first-order chi connectivity index (χ1) is 18.1. The number of nitrogens with zero attached hydrogens (tertiary/aromatic N) is 1. The number of carbonyl (C=O) groups excluding carboxylic acids is 2. The van der Waals surface area contributed by atoms with E-state index in [0.29, 0.717) is 34.8 Å². The summed E-state index contributed by atoms with van der Waals surface area (Å²) >= 11 is 6.22. The van der Waals surface area contributed by atoms with E-state index < -0.39 is 6.04 Å². The number of fused-ring (bicyclic) bond motifs is 1. The molecule has 0 saturated heterocycles. The number of para-hydroxylation sites is 3. The van der Waals surface area contributed by atoms with E-state index in [0.717, 1.165) is 22.7 Å². The number of amides is 2. The number of urea groups is 1. The number of Topliss-reactive ketones (excluding diaryl/α,β-unsaturated/α-hetero) is 1. The van der Waals surface area contributed by atoms with E-state index in [2.05, 4.69) is 10.6 Å². The molecule has 2 atom stereocenters. The molecule has 0 fully saturated rings. The summed E-state index contributed by atoms with van der Waals surface area (Å²) in [6.07, 6.45) is 2.51. The maximum Gasteiger partial charge on any atom is 0.327 e. The summed E-state index contributed by atoms with van der Waals surface area (Å²) in [6, 6.07) is 27.0. The summed E-state index contributed by atoms with van der Waals surface area (Å²) in [6.45, 7) is 0. The zero-order chi connectivity index (χ0) is 25.4. The van der Waals surface area contributed by atoms with Crippen molar-refractivity contribution in [3.63, 3.8) is 0 Å². The summed E-state index contributed by atoms with van der Waals surface area (Å²) < 4.78 is 5.66. The number of furan rings is 1. The van der Waals surface area contributed by atoms with Gasteiger partial charge in [0.2, 0.25) is 0 Å². The Morgan fingerprint density at radius 3 is 2.43 bits per heavy atom. The zero-order valence-electron chi connectivity index (χ0n) is 19.9. The van der Waals surface area contributed by atoms with Gasteiger partial charge in [0.15, 0.2) is 5.78 Å². The molecule has 3 aromatic carbocycles. The molecular formula is C30H24ClN3O3. The van der Waals surface area contributed by atoms with Crippen molar-refractivity contribution in [2.24, 2.45) is 0 Å². The van der Waals surface area contributed by atoms with Crippen molar-refractivity contribution in [3.8, 4) is 0 Å². The van der Waals surface area contributed by atoms with Crippen molar-refractivity contribution in [2.45, 2.75) is 24.8 Å². The number of benzene rings is 3. The molecule has 0 bridgehead atoms. The maximum absolute atomic E-state index is 14.0. The summed E-state index contributed by atoms with van der Waals surface area (Å²) in [7, 11) is 0. The van der Waals surface area contributed by atoms with Gasteiger partial charge in [0.05, 0.1) is 23.7 Å². The summed E-state index contributed by atoms with van der Waals surface area (Å²) in [5.41, 5.74) is 4.25. The van der Waals surface area contributed by atoms with Crippen LogP contribution in [0.3, 0.4) is 0 Å². The Morgan fingerprint density at radius 2 is 1.68 bits per heavy atom. The minimum atomic E-state index is -0.655. The smallest absolute Gasteiger partial charge is 0.327 e. The number of halogens is 1. The number of rotatable bonds is 3. The van der Waals surface area contributed by atoms with Crippen LogP contribution < -0.4 is 15.5 Å². The van der Waals surface area contributed by atoms with Crippen LogP contribution in [0.2, 0.25) is 5.02 Å². The molecule has 37 heavy (non-hydrogen) atoms. The highest BCUT2D eigenvalue weighted by molar-refractivity contribution is 6.30. The van der Waals surface area contributed by atoms with Crippen molar-refractivity contribution < 1.29 is 14.0 Å². The average Bonchev–Trinajstić information content (AvgIpc) is 3.40. The quantitative estimate of drug-likeness (QED) is 0.299. The number of hydrogen-bond acceptors (Lipinski definition) is 4. The van der Waals surface area contributed by atoms with Gasteiger partial charge < -0.3 is 15.1 Å². The predicted octanol–water partition coefficient (Wildman–Crippen LogP) is 7.54. The fourth-order valence-corrected chi connectivity index (χ4v) is 5.33. The Balaban J connectivity index is 1.52. The minimum absolute atomic E-state index is 0.0274. The Labute approximate surface area is 219 Å². The van der Waals surface area contributed by atoms with Gasteiger partial charge >= 0.3 is 6.03 Å². The molecule has 0 saturated carbocycles. The number of ketones is 1. The topological polar surface area (TPSA) is 74.6 Å². The standard InChI is InChI=1S/C30H24ClN3O3/c31-21-14-12-19(13-15-21)29-28-24(17-20(18-26(28)35)27-11-6-16-37-27)33-23-9-4-5-10-25(23)34(29)30(36)32-22-7-2-1-3-8-22/h1-16,20,29,33H,17-18H2,(H,32,36). The van der Waals surface area contributed by atoms with E-state index in [4.69, 9.17) is 16.0 Å². The molecular weight excluding hydrogens is 486 g/mol. The lowest BCUT2D eigenvalue weighted by atomic mass is 9.80. The average molecular weight is 510 g/mol. The Morgan fingerprint density at radius 1 is 0.919 bits per heavy atom. The van der Waals surface area contributed by atoms with Crippen LogP contribution in [0, 0.1) is 0 Å². The zero-order valence-corrected chi connectivity index (χ0v) is 20.6. The van der Waals surface area contributed by atoms with E-state index in [1.54, 1.807) is 23.3 Å². The van der Waals surface area contributed by atoms with Crippen molar-refractivity contribution in [1.82, 2.24) is 0 Å². The molecule has 6 rings (SSSR count). The van der Waals surface area contributed by atoms with Crippen LogP contribution in [0.5, 0.6) is 0 Å². The van der Waals surface area contributed by atoms with Crippen LogP contribution in [0.15, 0.2) is 113 Å². The summed E-state index contributed by atoms with van der Waals surface area (Å²) in [5.74, 6) is 0.665. The van der Waals surface area contributed by atoms with Gasteiger partial charge in [0, 0.05) is 34.3 Å². The first-order valence-electron chi connectivity index (χ1n) is 12.1. The van der Waals surface area contributed by atoms with Crippen LogP contribution in [-0.4, -0.2) is 11.8 Å².